The Bertz CT molecular complexity index is 1380. The first-order chi connectivity index (χ1) is 18.4. The van der Waals surface area contributed by atoms with Crippen LogP contribution in [-0.4, -0.2) is 73.5 Å². The summed E-state index contributed by atoms with van der Waals surface area (Å²) >= 11 is 0. The quantitative estimate of drug-likeness (QED) is 0.302. The lowest BCUT2D eigenvalue weighted by atomic mass is 9.98. The molecule has 38 heavy (non-hydrogen) atoms. The average Bonchev–Trinajstić information content (AvgIpc) is 3.61. The fraction of sp³-hybridized carbons (Fsp3) is 0.286. The van der Waals surface area contributed by atoms with Gasteiger partial charge in [0.1, 0.15) is 18.4 Å². The second-order valence-corrected chi connectivity index (χ2v) is 9.05. The van der Waals surface area contributed by atoms with E-state index in [4.69, 9.17) is 24.5 Å². The van der Waals surface area contributed by atoms with Gasteiger partial charge < -0.3 is 19.9 Å². The van der Waals surface area contributed by atoms with Crippen molar-refractivity contribution in [3.8, 4) is 5.69 Å². The normalized spacial score (nSPS) is 13.7. The number of hydrogen-bond donors (Lipinski definition) is 3. The van der Waals surface area contributed by atoms with Crippen molar-refractivity contribution in [2.45, 2.75) is 25.7 Å². The molecular weight excluding hydrogens is 486 g/mol. The molecule has 1 aliphatic heterocycles. The third-order valence-corrected chi connectivity index (χ3v) is 6.57. The van der Waals surface area contributed by atoms with Crippen LogP contribution in [0.2, 0.25) is 0 Å². The zero-order chi connectivity index (χ0) is 26.9. The molecule has 0 bridgehead atoms. The van der Waals surface area contributed by atoms with Crippen molar-refractivity contribution in [1.82, 2.24) is 24.6 Å². The highest BCUT2D eigenvalue weighted by atomic mass is 16.5. The summed E-state index contributed by atoms with van der Waals surface area (Å²) < 4.78 is 7.73. The number of aryl methyl sites for hydroxylation is 1. The molecule has 0 unspecified atom stereocenters. The SMILES string of the molecule is COC1=C(Cc2ccccc2)CCN(CCCc2c[nH]c3ccc(-n4cnnc4)cc23)C1.O=C(O)C(=O)O. The highest BCUT2D eigenvalue weighted by Crippen LogP contribution is 2.25. The molecule has 0 aliphatic carbocycles. The molecule has 4 aromatic rings. The number of carboxylic acids is 2. The van der Waals surface area contributed by atoms with E-state index in [1.165, 1.54) is 27.6 Å². The molecule has 0 amide bonds. The Balaban J connectivity index is 0.000000505. The molecule has 0 fully saturated rings. The van der Waals surface area contributed by atoms with Crippen molar-refractivity contribution in [3.05, 3.63) is 89.8 Å². The van der Waals surface area contributed by atoms with Crippen LogP contribution in [0, 0.1) is 0 Å². The number of rotatable bonds is 8. The third kappa shape index (κ3) is 6.86. The van der Waals surface area contributed by atoms with E-state index >= 15 is 0 Å². The minimum absolute atomic E-state index is 0.907. The van der Waals surface area contributed by atoms with Crippen LogP contribution in [0.15, 0.2) is 78.7 Å². The summed E-state index contributed by atoms with van der Waals surface area (Å²) in [4.78, 5) is 24.1. The smallest absolute Gasteiger partial charge is 0.414 e. The summed E-state index contributed by atoms with van der Waals surface area (Å²) in [6.45, 7) is 3.08. The van der Waals surface area contributed by atoms with Crippen molar-refractivity contribution in [3.63, 3.8) is 0 Å². The Kier molecular flexibility index (Phi) is 8.89. The molecule has 2 aromatic heterocycles. The molecule has 3 N–H and O–H groups in total. The van der Waals surface area contributed by atoms with Crippen molar-refractivity contribution < 1.29 is 24.5 Å². The van der Waals surface area contributed by atoms with Crippen molar-refractivity contribution in [2.75, 3.05) is 26.7 Å². The zero-order valence-corrected chi connectivity index (χ0v) is 21.2. The summed E-state index contributed by atoms with van der Waals surface area (Å²) in [5.41, 5.74) is 6.41. The second-order valence-electron chi connectivity index (χ2n) is 9.05. The molecule has 10 heteroatoms. The first kappa shape index (κ1) is 26.6. The number of hydrogen-bond acceptors (Lipinski definition) is 6. The van der Waals surface area contributed by atoms with Crippen LogP contribution in [0.1, 0.15) is 24.0 Å². The van der Waals surface area contributed by atoms with Gasteiger partial charge in [-0.05, 0) is 67.1 Å². The summed E-state index contributed by atoms with van der Waals surface area (Å²) in [5, 5.41) is 23.9. The number of aromatic amines is 1. The second kappa shape index (κ2) is 12.7. The van der Waals surface area contributed by atoms with E-state index in [2.05, 4.69) is 74.8 Å². The number of carbonyl (C=O) groups is 2. The highest BCUT2D eigenvalue weighted by molar-refractivity contribution is 6.27. The maximum absolute atomic E-state index is 9.10. The van der Waals surface area contributed by atoms with Gasteiger partial charge in [-0.3, -0.25) is 9.47 Å². The molecule has 1 aliphatic rings. The van der Waals surface area contributed by atoms with Crippen LogP contribution in [0.3, 0.4) is 0 Å². The summed E-state index contributed by atoms with van der Waals surface area (Å²) in [5.74, 6) is -2.50. The number of H-pyrrole nitrogens is 1. The van der Waals surface area contributed by atoms with Gasteiger partial charge in [0.2, 0.25) is 0 Å². The largest absolute Gasteiger partial charge is 0.500 e. The maximum atomic E-state index is 9.10. The van der Waals surface area contributed by atoms with Crippen LogP contribution in [-0.2, 0) is 27.2 Å². The van der Waals surface area contributed by atoms with Gasteiger partial charge in [-0.25, -0.2) is 9.59 Å². The molecule has 2 aromatic carbocycles. The number of carboxylic acid groups (broad SMARTS) is 2. The van der Waals surface area contributed by atoms with E-state index in [1.807, 2.05) is 11.7 Å². The van der Waals surface area contributed by atoms with Gasteiger partial charge >= 0.3 is 11.9 Å². The fourth-order valence-corrected chi connectivity index (χ4v) is 4.62. The molecule has 10 nitrogen and oxygen atoms in total. The average molecular weight is 518 g/mol. The molecule has 0 atom stereocenters. The van der Waals surface area contributed by atoms with Gasteiger partial charge in [0.05, 0.1) is 13.7 Å². The molecule has 3 heterocycles. The van der Waals surface area contributed by atoms with Gasteiger partial charge in [0.25, 0.3) is 0 Å². The lowest BCUT2D eigenvalue weighted by Crippen LogP contribution is -2.33. The Morgan fingerprint density at radius 1 is 1.05 bits per heavy atom. The highest BCUT2D eigenvalue weighted by Gasteiger charge is 2.20. The van der Waals surface area contributed by atoms with Gasteiger partial charge in [-0.2, -0.15) is 0 Å². The summed E-state index contributed by atoms with van der Waals surface area (Å²) in [6.07, 6.45) is 9.85. The number of methoxy groups -OCH3 is 1. The van der Waals surface area contributed by atoms with E-state index in [0.717, 1.165) is 56.8 Å². The van der Waals surface area contributed by atoms with Crippen LogP contribution in [0.4, 0.5) is 0 Å². The van der Waals surface area contributed by atoms with Crippen molar-refractivity contribution >= 4 is 22.8 Å². The Morgan fingerprint density at radius 2 is 1.79 bits per heavy atom. The van der Waals surface area contributed by atoms with E-state index in [1.54, 1.807) is 12.7 Å². The fourth-order valence-electron chi connectivity index (χ4n) is 4.62. The molecule has 0 spiro atoms. The summed E-state index contributed by atoms with van der Waals surface area (Å²) in [6, 6.07) is 17.1. The third-order valence-electron chi connectivity index (χ3n) is 6.57. The first-order valence-corrected chi connectivity index (χ1v) is 12.4. The number of aliphatic carboxylic acids is 2. The number of nitrogens with one attached hydrogen (secondary N) is 1. The topological polar surface area (TPSA) is 134 Å². The standard InChI is InChI=1S/C26H29N5O.C2H2O4/c1-32-26-17-30(13-11-21(26)14-20-6-3-2-4-7-20)12-5-8-22-16-27-25-10-9-23(15-24(22)25)31-18-28-29-19-31;3-1(4)2(5)6/h2-4,6-7,9-10,15-16,18-19,27H,5,8,11-14,17H2,1H3;(H,3,4)(H,5,6). The predicted octanol–water partition coefficient (Wildman–Crippen LogP) is 3.69. The van der Waals surface area contributed by atoms with E-state index in [0.29, 0.717) is 0 Å². The number of ether oxygens (including phenoxy) is 1. The lowest BCUT2D eigenvalue weighted by Gasteiger charge is -2.30. The molecule has 5 rings (SSSR count). The number of benzene rings is 2. The monoisotopic (exact) mass is 517 g/mol. The van der Waals surface area contributed by atoms with Crippen molar-refractivity contribution in [1.29, 1.82) is 0 Å². The van der Waals surface area contributed by atoms with Crippen LogP contribution in [0.25, 0.3) is 16.6 Å². The molecule has 198 valence electrons. The van der Waals surface area contributed by atoms with Crippen LogP contribution in [0.5, 0.6) is 0 Å². The summed E-state index contributed by atoms with van der Waals surface area (Å²) in [7, 11) is 1.81. The number of fused-ring (bicyclic) bond motifs is 1. The van der Waals surface area contributed by atoms with Gasteiger partial charge in [-0.15, -0.1) is 10.2 Å². The predicted molar refractivity (Wildman–Crippen MR) is 142 cm³/mol. The van der Waals surface area contributed by atoms with E-state index in [-0.39, 0.29) is 0 Å². The van der Waals surface area contributed by atoms with Gasteiger partial charge in [0, 0.05) is 29.3 Å². The number of nitrogens with zero attached hydrogens (tertiary/aromatic N) is 4. The minimum Gasteiger partial charge on any atom is -0.500 e. The van der Waals surface area contributed by atoms with Crippen LogP contribution < -0.4 is 0 Å². The Labute approximate surface area is 220 Å². The van der Waals surface area contributed by atoms with E-state index < -0.39 is 11.9 Å². The molecule has 0 saturated carbocycles. The Hall–Kier alpha value is -4.44. The van der Waals surface area contributed by atoms with Gasteiger partial charge in [-0.1, -0.05) is 30.3 Å². The van der Waals surface area contributed by atoms with E-state index in [9.17, 15) is 0 Å². The Morgan fingerprint density at radius 3 is 2.47 bits per heavy atom. The van der Waals surface area contributed by atoms with Crippen molar-refractivity contribution in [2.24, 2.45) is 0 Å². The van der Waals surface area contributed by atoms with Gasteiger partial charge in [0.15, 0.2) is 0 Å². The lowest BCUT2D eigenvalue weighted by molar-refractivity contribution is -0.159. The minimum atomic E-state index is -1.82. The molecule has 0 saturated heterocycles. The molecular formula is C28H31N5O5. The number of aromatic nitrogens is 4. The zero-order valence-electron chi connectivity index (χ0n) is 21.2. The maximum Gasteiger partial charge on any atom is 0.414 e. The molecule has 0 radical (unpaired) electrons. The van der Waals surface area contributed by atoms with Crippen LogP contribution >= 0.6 is 0 Å². The first-order valence-electron chi connectivity index (χ1n) is 12.4.